The fourth-order valence-electron chi connectivity index (χ4n) is 2.25. The molecule has 0 aliphatic carbocycles. The second-order valence-corrected chi connectivity index (χ2v) is 6.31. The minimum Gasteiger partial charge on any atom is -0.354 e. The van der Waals surface area contributed by atoms with Crippen molar-refractivity contribution in [3.05, 3.63) is 35.9 Å². The molecule has 0 fully saturated rings. The summed E-state index contributed by atoms with van der Waals surface area (Å²) in [5.74, 6) is 1.62. The molecule has 0 amide bonds. The van der Waals surface area contributed by atoms with Crippen molar-refractivity contribution in [3.8, 4) is 0 Å². The number of benzene rings is 1. The third kappa shape index (κ3) is 6.15. The molecule has 0 saturated carbocycles. The van der Waals surface area contributed by atoms with Crippen LogP contribution in [-0.2, 0) is 11.4 Å². The van der Waals surface area contributed by atoms with Gasteiger partial charge in [-0.25, -0.2) is 5.06 Å². The van der Waals surface area contributed by atoms with E-state index < -0.39 is 0 Å². The molecule has 2 aromatic rings. The number of rotatable bonds is 11. The lowest BCUT2D eigenvalue weighted by Crippen LogP contribution is -2.33. The van der Waals surface area contributed by atoms with Crippen molar-refractivity contribution in [1.29, 1.82) is 0 Å². The van der Waals surface area contributed by atoms with Crippen molar-refractivity contribution in [3.63, 3.8) is 0 Å². The lowest BCUT2D eigenvalue weighted by Gasteiger charge is -2.26. The van der Waals surface area contributed by atoms with Gasteiger partial charge in [0.15, 0.2) is 0 Å². The second kappa shape index (κ2) is 10.6. The van der Waals surface area contributed by atoms with Crippen molar-refractivity contribution in [1.82, 2.24) is 15.0 Å². The highest BCUT2D eigenvalue weighted by atomic mass is 16.7. The Bertz CT molecular complexity index is 623. The average molecular weight is 358 g/mol. The lowest BCUT2D eigenvalue weighted by molar-refractivity contribution is 0.0764. The summed E-state index contributed by atoms with van der Waals surface area (Å²) < 4.78 is 0. The van der Waals surface area contributed by atoms with Crippen LogP contribution in [0.4, 0.5) is 17.8 Å². The topological polar surface area (TPSA) is 75.2 Å². The number of hydrogen-bond acceptors (Lipinski definition) is 7. The van der Waals surface area contributed by atoms with Crippen LogP contribution in [0.3, 0.4) is 0 Å². The largest absolute Gasteiger partial charge is 0.354 e. The standard InChI is InChI=1S/C19H30N6O/c1-5-12-20-17-22-18(21-13-6-2)24-19(23-17)25(15(3)4)26-14-16-10-8-7-9-11-16/h7-11,15H,5-6,12-14H2,1-4H3,(H2,20,21,22,23,24). The van der Waals surface area contributed by atoms with Crippen LogP contribution in [0, 0.1) is 0 Å². The van der Waals surface area contributed by atoms with Gasteiger partial charge in [-0.05, 0) is 32.3 Å². The minimum absolute atomic E-state index is 0.0826. The quantitative estimate of drug-likeness (QED) is 0.591. The highest BCUT2D eigenvalue weighted by Crippen LogP contribution is 2.18. The summed E-state index contributed by atoms with van der Waals surface area (Å²) in [6.07, 6.45) is 1.99. The number of nitrogens with one attached hydrogen (secondary N) is 2. The second-order valence-electron chi connectivity index (χ2n) is 6.31. The van der Waals surface area contributed by atoms with Gasteiger partial charge in [-0.1, -0.05) is 44.2 Å². The first-order valence-corrected chi connectivity index (χ1v) is 9.33. The van der Waals surface area contributed by atoms with Crippen molar-refractivity contribution in [2.75, 3.05) is 28.8 Å². The van der Waals surface area contributed by atoms with Crippen molar-refractivity contribution in [2.24, 2.45) is 0 Å². The molecule has 0 radical (unpaired) electrons. The van der Waals surface area contributed by atoms with Gasteiger partial charge in [0, 0.05) is 13.1 Å². The monoisotopic (exact) mass is 358 g/mol. The van der Waals surface area contributed by atoms with E-state index in [1.165, 1.54) is 0 Å². The Morgan fingerprint density at radius 3 is 2.00 bits per heavy atom. The molecule has 2 rings (SSSR count). The zero-order valence-electron chi connectivity index (χ0n) is 16.2. The van der Waals surface area contributed by atoms with Crippen LogP contribution >= 0.6 is 0 Å². The fraction of sp³-hybridized carbons (Fsp3) is 0.526. The molecule has 7 nitrogen and oxygen atoms in total. The molecule has 1 heterocycles. The van der Waals surface area contributed by atoms with E-state index in [2.05, 4.69) is 39.4 Å². The molecule has 7 heteroatoms. The molecule has 0 saturated heterocycles. The summed E-state index contributed by atoms with van der Waals surface area (Å²) in [6, 6.07) is 10.1. The third-order valence-corrected chi connectivity index (χ3v) is 3.57. The van der Waals surface area contributed by atoms with Crippen LogP contribution in [0.15, 0.2) is 30.3 Å². The molecule has 2 N–H and O–H groups in total. The summed E-state index contributed by atoms with van der Waals surface area (Å²) in [4.78, 5) is 19.5. The lowest BCUT2D eigenvalue weighted by atomic mass is 10.2. The predicted molar refractivity (Wildman–Crippen MR) is 106 cm³/mol. The summed E-state index contributed by atoms with van der Waals surface area (Å²) in [7, 11) is 0. The maximum absolute atomic E-state index is 6.02. The highest BCUT2D eigenvalue weighted by molar-refractivity contribution is 5.43. The molecule has 0 aliphatic rings. The first-order valence-electron chi connectivity index (χ1n) is 9.33. The van der Waals surface area contributed by atoms with E-state index in [0.717, 1.165) is 31.5 Å². The van der Waals surface area contributed by atoms with Gasteiger partial charge in [-0.3, -0.25) is 4.84 Å². The van der Waals surface area contributed by atoms with E-state index in [1.54, 1.807) is 5.06 Å². The Morgan fingerprint density at radius 2 is 1.50 bits per heavy atom. The van der Waals surface area contributed by atoms with Crippen LogP contribution in [0.25, 0.3) is 0 Å². The van der Waals surface area contributed by atoms with Crippen molar-refractivity contribution >= 4 is 17.8 Å². The number of aromatic nitrogens is 3. The van der Waals surface area contributed by atoms with Crippen molar-refractivity contribution < 1.29 is 4.84 Å². The van der Waals surface area contributed by atoms with Crippen LogP contribution in [-0.4, -0.2) is 34.1 Å². The summed E-state index contributed by atoms with van der Waals surface area (Å²) >= 11 is 0. The molecule has 0 bridgehead atoms. The molecule has 1 aromatic carbocycles. The minimum atomic E-state index is 0.0826. The Kier molecular flexibility index (Phi) is 8.08. The normalized spacial score (nSPS) is 10.8. The van der Waals surface area contributed by atoms with Gasteiger partial charge in [0.25, 0.3) is 5.95 Å². The van der Waals surface area contributed by atoms with Gasteiger partial charge in [-0.2, -0.15) is 15.0 Å². The molecule has 1 aromatic heterocycles. The number of anilines is 3. The zero-order valence-corrected chi connectivity index (χ0v) is 16.2. The zero-order chi connectivity index (χ0) is 18.8. The van der Waals surface area contributed by atoms with Gasteiger partial charge >= 0.3 is 0 Å². The smallest absolute Gasteiger partial charge is 0.256 e. The Balaban J connectivity index is 2.21. The first-order chi connectivity index (χ1) is 12.6. The van der Waals surface area contributed by atoms with E-state index in [4.69, 9.17) is 4.84 Å². The summed E-state index contributed by atoms with van der Waals surface area (Å²) in [5, 5.41) is 8.21. The molecular weight excluding hydrogens is 328 g/mol. The van der Waals surface area contributed by atoms with Crippen molar-refractivity contribution in [2.45, 2.75) is 53.2 Å². The van der Waals surface area contributed by atoms with E-state index in [0.29, 0.717) is 24.5 Å². The molecule has 26 heavy (non-hydrogen) atoms. The van der Waals surface area contributed by atoms with Crippen LogP contribution < -0.4 is 15.7 Å². The van der Waals surface area contributed by atoms with E-state index in [9.17, 15) is 0 Å². The maximum Gasteiger partial charge on any atom is 0.256 e. The van der Waals surface area contributed by atoms with Gasteiger partial charge in [0.05, 0.1) is 6.04 Å². The van der Waals surface area contributed by atoms with E-state index in [-0.39, 0.29) is 6.04 Å². The molecule has 0 unspecified atom stereocenters. The summed E-state index contributed by atoms with van der Waals surface area (Å²) in [5.41, 5.74) is 1.10. The number of hydrogen-bond donors (Lipinski definition) is 2. The molecule has 0 aliphatic heterocycles. The Labute approximate surface area is 156 Å². The Morgan fingerprint density at radius 1 is 0.923 bits per heavy atom. The van der Waals surface area contributed by atoms with Gasteiger partial charge in [-0.15, -0.1) is 0 Å². The number of hydroxylamine groups is 1. The molecular formula is C19H30N6O. The van der Waals surface area contributed by atoms with Crippen LogP contribution in [0.5, 0.6) is 0 Å². The van der Waals surface area contributed by atoms with Gasteiger partial charge in [0.2, 0.25) is 11.9 Å². The average Bonchev–Trinajstić information content (AvgIpc) is 2.65. The predicted octanol–water partition coefficient (Wildman–Crippen LogP) is 3.86. The molecule has 142 valence electrons. The Hall–Kier alpha value is -2.41. The summed E-state index contributed by atoms with van der Waals surface area (Å²) in [6.45, 7) is 10.4. The van der Waals surface area contributed by atoms with Gasteiger partial charge in [0.1, 0.15) is 6.61 Å². The molecule has 0 spiro atoms. The van der Waals surface area contributed by atoms with E-state index in [1.807, 2.05) is 44.2 Å². The highest BCUT2D eigenvalue weighted by Gasteiger charge is 2.18. The SMILES string of the molecule is CCCNc1nc(NCCC)nc(N(OCc2ccccc2)C(C)C)n1. The molecule has 0 atom stereocenters. The van der Waals surface area contributed by atoms with Crippen LogP contribution in [0.2, 0.25) is 0 Å². The van der Waals surface area contributed by atoms with E-state index >= 15 is 0 Å². The first kappa shape index (κ1) is 19.9. The van der Waals surface area contributed by atoms with Crippen LogP contribution in [0.1, 0.15) is 46.1 Å². The third-order valence-electron chi connectivity index (χ3n) is 3.57. The fourth-order valence-corrected chi connectivity index (χ4v) is 2.25. The number of nitrogens with zero attached hydrogens (tertiary/aromatic N) is 4. The van der Waals surface area contributed by atoms with Gasteiger partial charge < -0.3 is 10.6 Å². The maximum atomic E-state index is 6.02.